The fourth-order valence-corrected chi connectivity index (χ4v) is 2.28. The van der Waals surface area contributed by atoms with Crippen LogP contribution in [0.3, 0.4) is 0 Å². The smallest absolute Gasteiger partial charge is 0.338 e. The van der Waals surface area contributed by atoms with Crippen molar-refractivity contribution in [1.29, 1.82) is 0 Å². The van der Waals surface area contributed by atoms with Crippen molar-refractivity contribution in [2.45, 2.75) is 6.54 Å². The third kappa shape index (κ3) is 5.16. The van der Waals surface area contributed by atoms with E-state index in [1.807, 2.05) is 0 Å². The molecule has 0 radical (unpaired) electrons. The third-order valence-electron chi connectivity index (χ3n) is 3.78. The molecule has 6 nitrogen and oxygen atoms in total. The highest BCUT2D eigenvalue weighted by molar-refractivity contribution is 5.91. The van der Waals surface area contributed by atoms with Crippen LogP contribution in [0.5, 0.6) is 11.5 Å². The van der Waals surface area contributed by atoms with Crippen LogP contribution in [0.15, 0.2) is 36.4 Å². The van der Waals surface area contributed by atoms with Crippen molar-refractivity contribution >= 4 is 11.9 Å². The number of benzene rings is 2. The van der Waals surface area contributed by atoms with Crippen LogP contribution in [-0.4, -0.2) is 44.7 Å². The fourth-order valence-electron chi connectivity index (χ4n) is 2.28. The van der Waals surface area contributed by atoms with Crippen molar-refractivity contribution in [2.75, 3.05) is 27.9 Å². The summed E-state index contributed by atoms with van der Waals surface area (Å²) in [4.78, 5) is 25.3. The summed E-state index contributed by atoms with van der Waals surface area (Å²) in [7, 11) is 4.15. The first-order valence-corrected chi connectivity index (χ1v) is 7.92. The summed E-state index contributed by atoms with van der Waals surface area (Å²) in [6, 6.07) is 7.93. The number of nitrogens with zero attached hydrogens (tertiary/aromatic N) is 1. The molecule has 0 spiro atoms. The second-order valence-electron chi connectivity index (χ2n) is 5.64. The molecular weight excluding hydrogens is 360 g/mol. The highest BCUT2D eigenvalue weighted by atomic mass is 19.1. The number of halogens is 2. The van der Waals surface area contributed by atoms with E-state index in [2.05, 4.69) is 0 Å². The van der Waals surface area contributed by atoms with Gasteiger partial charge in [0.05, 0.1) is 19.8 Å². The first-order valence-electron chi connectivity index (χ1n) is 7.92. The minimum absolute atomic E-state index is 0.00548. The number of likely N-dealkylation sites (N-methyl/N-ethyl adjacent to an activating group) is 1. The quantitative estimate of drug-likeness (QED) is 0.692. The van der Waals surface area contributed by atoms with Crippen molar-refractivity contribution in [2.24, 2.45) is 0 Å². The lowest BCUT2D eigenvalue weighted by Crippen LogP contribution is -2.30. The Kier molecular flexibility index (Phi) is 6.70. The maximum Gasteiger partial charge on any atom is 0.338 e. The highest BCUT2D eigenvalue weighted by Crippen LogP contribution is 2.19. The van der Waals surface area contributed by atoms with Gasteiger partial charge in [-0.3, -0.25) is 4.79 Å². The molecule has 0 bridgehead atoms. The van der Waals surface area contributed by atoms with Gasteiger partial charge in [0.15, 0.2) is 29.7 Å². The molecule has 2 aromatic carbocycles. The zero-order valence-electron chi connectivity index (χ0n) is 15.1. The van der Waals surface area contributed by atoms with Crippen LogP contribution in [0.2, 0.25) is 0 Å². The van der Waals surface area contributed by atoms with E-state index in [1.54, 1.807) is 6.07 Å². The van der Waals surface area contributed by atoms with Gasteiger partial charge < -0.3 is 19.1 Å². The van der Waals surface area contributed by atoms with E-state index in [4.69, 9.17) is 14.2 Å². The highest BCUT2D eigenvalue weighted by Gasteiger charge is 2.16. The number of ether oxygens (including phenoxy) is 3. The van der Waals surface area contributed by atoms with E-state index in [1.165, 1.54) is 50.4 Å². The lowest BCUT2D eigenvalue weighted by molar-refractivity contribution is -0.133. The van der Waals surface area contributed by atoms with Crippen molar-refractivity contribution in [3.63, 3.8) is 0 Å². The molecule has 0 aromatic heterocycles. The summed E-state index contributed by atoms with van der Waals surface area (Å²) < 4.78 is 41.8. The number of carbonyl (C=O) groups is 2. The largest absolute Gasteiger partial charge is 0.494 e. The monoisotopic (exact) mass is 379 g/mol. The average molecular weight is 379 g/mol. The fraction of sp³-hybridized carbons (Fsp3) is 0.263. The van der Waals surface area contributed by atoms with Gasteiger partial charge in [-0.2, -0.15) is 0 Å². The number of amides is 1. The topological polar surface area (TPSA) is 65.1 Å². The van der Waals surface area contributed by atoms with Crippen LogP contribution >= 0.6 is 0 Å². The van der Waals surface area contributed by atoms with E-state index in [0.29, 0.717) is 5.56 Å². The molecule has 0 aliphatic rings. The summed E-state index contributed by atoms with van der Waals surface area (Å²) in [5.74, 6) is -2.48. The van der Waals surface area contributed by atoms with Crippen LogP contribution in [0.25, 0.3) is 0 Å². The molecule has 0 fully saturated rings. The maximum atomic E-state index is 13.7. The first-order chi connectivity index (χ1) is 12.8. The summed E-state index contributed by atoms with van der Waals surface area (Å²) >= 11 is 0. The Hall–Kier alpha value is -3.16. The van der Waals surface area contributed by atoms with Crippen LogP contribution in [0.1, 0.15) is 15.9 Å². The van der Waals surface area contributed by atoms with E-state index in [-0.39, 0.29) is 23.6 Å². The molecule has 2 rings (SSSR count). The lowest BCUT2D eigenvalue weighted by atomic mass is 10.2. The van der Waals surface area contributed by atoms with E-state index in [9.17, 15) is 18.4 Å². The Morgan fingerprint density at radius 2 is 1.56 bits per heavy atom. The number of carbonyl (C=O) groups excluding carboxylic acids is 2. The van der Waals surface area contributed by atoms with Gasteiger partial charge in [0.2, 0.25) is 0 Å². The second-order valence-corrected chi connectivity index (χ2v) is 5.64. The number of hydrogen-bond donors (Lipinski definition) is 0. The van der Waals surface area contributed by atoms with Gasteiger partial charge in [0.1, 0.15) is 0 Å². The Bertz CT molecular complexity index is 841. The van der Waals surface area contributed by atoms with Crippen molar-refractivity contribution in [3.05, 3.63) is 59.2 Å². The molecule has 2 aromatic rings. The molecule has 8 heteroatoms. The number of rotatable bonds is 7. The van der Waals surface area contributed by atoms with Crippen LogP contribution < -0.4 is 9.47 Å². The predicted molar refractivity (Wildman–Crippen MR) is 92.7 cm³/mol. The van der Waals surface area contributed by atoms with Gasteiger partial charge in [0.25, 0.3) is 5.91 Å². The predicted octanol–water partition coefficient (Wildman–Crippen LogP) is 2.80. The minimum atomic E-state index is -0.839. The Balaban J connectivity index is 1.91. The first kappa shape index (κ1) is 20.2. The van der Waals surface area contributed by atoms with Gasteiger partial charge in [-0.15, -0.1) is 0 Å². The molecule has 0 heterocycles. The van der Waals surface area contributed by atoms with Crippen molar-refractivity contribution < 1.29 is 32.6 Å². The van der Waals surface area contributed by atoms with Gasteiger partial charge in [-0.1, -0.05) is 6.07 Å². The summed E-state index contributed by atoms with van der Waals surface area (Å²) in [6.45, 7) is -0.407. The molecule has 0 atom stereocenters. The van der Waals surface area contributed by atoms with E-state index >= 15 is 0 Å². The molecule has 27 heavy (non-hydrogen) atoms. The number of hydrogen-bond acceptors (Lipinski definition) is 5. The summed E-state index contributed by atoms with van der Waals surface area (Å²) in [6.07, 6.45) is 0. The Labute approximate surface area is 155 Å². The van der Waals surface area contributed by atoms with Crippen molar-refractivity contribution in [1.82, 2.24) is 4.90 Å². The summed E-state index contributed by atoms with van der Waals surface area (Å²) in [5, 5.41) is 0. The molecule has 0 aliphatic heterocycles. The van der Waals surface area contributed by atoms with E-state index < -0.39 is 30.1 Å². The van der Waals surface area contributed by atoms with Gasteiger partial charge in [0, 0.05) is 13.6 Å². The van der Waals surface area contributed by atoms with Crippen LogP contribution in [0.4, 0.5) is 8.78 Å². The zero-order valence-corrected chi connectivity index (χ0v) is 15.1. The molecule has 0 unspecified atom stereocenters. The molecule has 0 N–H and O–H groups in total. The second kappa shape index (κ2) is 8.98. The molecule has 0 aliphatic carbocycles. The van der Waals surface area contributed by atoms with Gasteiger partial charge in [-0.05, 0) is 35.9 Å². The van der Waals surface area contributed by atoms with Gasteiger partial charge in [-0.25, -0.2) is 13.6 Å². The standard InChI is InChI=1S/C19H19F2NO5/c1-22(10-12-4-6-16(25-2)14(20)8-12)18(23)11-27-19(24)13-5-7-17(26-3)15(21)9-13/h4-9H,10-11H2,1-3H3. The summed E-state index contributed by atoms with van der Waals surface area (Å²) in [5.41, 5.74) is 0.508. The van der Waals surface area contributed by atoms with Crippen molar-refractivity contribution in [3.8, 4) is 11.5 Å². The third-order valence-corrected chi connectivity index (χ3v) is 3.78. The van der Waals surface area contributed by atoms with Crippen LogP contribution in [-0.2, 0) is 16.1 Å². The van der Waals surface area contributed by atoms with Gasteiger partial charge >= 0.3 is 5.97 Å². The molecule has 0 saturated carbocycles. The molecule has 144 valence electrons. The molecular formula is C19H19F2NO5. The van der Waals surface area contributed by atoms with E-state index in [0.717, 1.165) is 6.07 Å². The number of esters is 1. The SMILES string of the molecule is COc1ccc(CN(C)C(=O)COC(=O)c2ccc(OC)c(F)c2)cc1F. The zero-order chi connectivity index (χ0) is 20.0. The normalized spacial score (nSPS) is 10.3. The molecule has 1 amide bonds. The Morgan fingerprint density at radius 1 is 0.963 bits per heavy atom. The minimum Gasteiger partial charge on any atom is -0.494 e. The average Bonchev–Trinajstić information content (AvgIpc) is 2.65. The van der Waals surface area contributed by atoms with Crippen LogP contribution in [0, 0.1) is 11.6 Å². The molecule has 0 saturated heterocycles. The maximum absolute atomic E-state index is 13.7. The lowest BCUT2D eigenvalue weighted by Gasteiger charge is -2.17. The number of methoxy groups -OCH3 is 2. The Morgan fingerprint density at radius 3 is 2.11 bits per heavy atom.